The molecule has 12 heavy (non-hydrogen) atoms. The Morgan fingerprint density at radius 1 is 1.25 bits per heavy atom. The van der Waals surface area contributed by atoms with Crippen LogP contribution in [0.1, 0.15) is 5.56 Å². The summed E-state index contributed by atoms with van der Waals surface area (Å²) >= 11 is 1.78. The highest BCUT2D eigenvalue weighted by Gasteiger charge is 1.86. The van der Waals surface area contributed by atoms with E-state index < -0.39 is 0 Å². The number of thioether (sulfide) groups is 1. The Hall–Kier alpha value is -0.760. The number of aliphatic imine (C=N–C) groups is 1. The van der Waals surface area contributed by atoms with Crippen LogP contribution in [0.25, 0.3) is 0 Å². The molecule has 1 nitrogen and oxygen atoms in total. The molecule has 1 aliphatic heterocycles. The maximum absolute atomic E-state index is 3.92. The predicted molar refractivity (Wildman–Crippen MR) is 57.0 cm³/mol. The van der Waals surface area contributed by atoms with E-state index in [1.165, 1.54) is 11.3 Å². The van der Waals surface area contributed by atoms with Crippen LogP contribution < -0.4 is 0 Å². The van der Waals surface area contributed by atoms with Crippen LogP contribution in [-0.4, -0.2) is 17.8 Å². The molecule has 2 heteroatoms. The third-order valence-electron chi connectivity index (χ3n) is 1.43. The standard InChI is InChI=1S/C7H8.C3H5NS/c1-7-5-3-2-4-6-7;1-2-5-3-4-1/h2-6H,1H3;3H,1-2H2. The fourth-order valence-corrected chi connectivity index (χ4v) is 1.32. The molecule has 0 amide bonds. The van der Waals surface area contributed by atoms with Crippen molar-refractivity contribution in [3.05, 3.63) is 35.9 Å². The van der Waals surface area contributed by atoms with Crippen molar-refractivity contribution in [2.24, 2.45) is 4.99 Å². The van der Waals surface area contributed by atoms with E-state index in [0.717, 1.165) is 6.54 Å². The Balaban J connectivity index is 0.000000127. The molecule has 1 heterocycles. The van der Waals surface area contributed by atoms with Gasteiger partial charge < -0.3 is 0 Å². The van der Waals surface area contributed by atoms with Gasteiger partial charge in [-0.15, -0.1) is 11.8 Å². The Kier molecular flexibility index (Phi) is 4.54. The number of aryl methyl sites for hydroxylation is 1. The van der Waals surface area contributed by atoms with E-state index in [1.54, 1.807) is 11.8 Å². The third kappa shape index (κ3) is 4.19. The van der Waals surface area contributed by atoms with Crippen molar-refractivity contribution in [3.63, 3.8) is 0 Å². The molecule has 1 aromatic rings. The molecule has 0 unspecified atom stereocenters. The Labute approximate surface area is 77.9 Å². The summed E-state index contributed by atoms with van der Waals surface area (Å²) in [5, 5.41) is 0. The first-order valence-corrected chi connectivity index (χ1v) is 5.06. The second-order valence-corrected chi connectivity index (χ2v) is 3.49. The molecule has 0 aliphatic carbocycles. The van der Waals surface area contributed by atoms with Gasteiger partial charge in [-0.2, -0.15) is 0 Å². The van der Waals surface area contributed by atoms with E-state index in [2.05, 4.69) is 24.0 Å². The van der Waals surface area contributed by atoms with Crippen LogP contribution in [0.2, 0.25) is 0 Å². The molecule has 0 bridgehead atoms. The Morgan fingerprint density at radius 3 is 2.25 bits per heavy atom. The van der Waals surface area contributed by atoms with Crippen molar-refractivity contribution >= 4 is 17.3 Å². The molecule has 0 N–H and O–H groups in total. The van der Waals surface area contributed by atoms with Crippen molar-refractivity contribution in [1.29, 1.82) is 0 Å². The zero-order chi connectivity index (χ0) is 8.65. The van der Waals surface area contributed by atoms with Gasteiger partial charge in [0.15, 0.2) is 0 Å². The largest absolute Gasteiger partial charge is 0.285 e. The highest BCUT2D eigenvalue weighted by molar-refractivity contribution is 8.12. The van der Waals surface area contributed by atoms with Gasteiger partial charge in [0.2, 0.25) is 0 Å². The molecule has 1 aromatic carbocycles. The van der Waals surface area contributed by atoms with E-state index in [0.29, 0.717) is 0 Å². The predicted octanol–water partition coefficient (Wildman–Crippen LogP) is 2.76. The first-order chi connectivity index (χ1) is 5.89. The van der Waals surface area contributed by atoms with Crippen LogP contribution in [0, 0.1) is 6.92 Å². The Morgan fingerprint density at radius 2 is 2.00 bits per heavy atom. The molecule has 0 spiro atoms. The van der Waals surface area contributed by atoms with Crippen molar-refractivity contribution in [2.45, 2.75) is 6.92 Å². The summed E-state index contributed by atoms with van der Waals surface area (Å²) in [6, 6.07) is 10.3. The van der Waals surface area contributed by atoms with Crippen LogP contribution >= 0.6 is 11.8 Å². The SMILES string of the molecule is C1=NCCS1.Cc1ccccc1. The van der Waals surface area contributed by atoms with Gasteiger partial charge in [0.25, 0.3) is 0 Å². The van der Waals surface area contributed by atoms with Crippen LogP contribution in [-0.2, 0) is 0 Å². The first kappa shape index (κ1) is 9.33. The lowest BCUT2D eigenvalue weighted by Gasteiger charge is -1.82. The average molecular weight is 179 g/mol. The molecular weight excluding hydrogens is 166 g/mol. The van der Waals surface area contributed by atoms with Crippen LogP contribution in [0.5, 0.6) is 0 Å². The van der Waals surface area contributed by atoms with Gasteiger partial charge in [-0.05, 0) is 6.92 Å². The number of rotatable bonds is 0. The van der Waals surface area contributed by atoms with Gasteiger partial charge in [0.05, 0.1) is 5.55 Å². The summed E-state index contributed by atoms with van der Waals surface area (Å²) < 4.78 is 0. The maximum atomic E-state index is 3.92. The highest BCUT2D eigenvalue weighted by atomic mass is 32.2. The first-order valence-electron chi connectivity index (χ1n) is 4.01. The molecule has 2 rings (SSSR count). The molecule has 0 saturated heterocycles. The van der Waals surface area contributed by atoms with Gasteiger partial charge in [0.1, 0.15) is 0 Å². The molecule has 0 atom stereocenters. The second kappa shape index (κ2) is 5.84. The summed E-state index contributed by atoms with van der Waals surface area (Å²) in [5.41, 5.74) is 3.22. The van der Waals surface area contributed by atoms with Gasteiger partial charge in [0, 0.05) is 12.3 Å². The molecule has 64 valence electrons. The zero-order valence-electron chi connectivity index (χ0n) is 7.23. The number of hydrogen-bond donors (Lipinski definition) is 0. The molecule has 0 radical (unpaired) electrons. The summed E-state index contributed by atoms with van der Waals surface area (Å²) in [6.45, 7) is 3.12. The second-order valence-electron chi connectivity index (χ2n) is 2.54. The van der Waals surface area contributed by atoms with Gasteiger partial charge in [-0.3, -0.25) is 4.99 Å². The lowest BCUT2D eigenvalue weighted by molar-refractivity contribution is 1.18. The molecule has 0 fully saturated rings. The number of benzene rings is 1. The normalized spacial score (nSPS) is 13.8. The van der Waals surface area contributed by atoms with Crippen LogP contribution in [0.15, 0.2) is 35.3 Å². The lowest BCUT2D eigenvalue weighted by Crippen LogP contribution is -1.69. The summed E-state index contributed by atoms with van der Waals surface area (Å²) in [4.78, 5) is 3.92. The van der Waals surface area contributed by atoms with Crippen LogP contribution in [0.4, 0.5) is 0 Å². The summed E-state index contributed by atoms with van der Waals surface area (Å²) in [5.74, 6) is 1.19. The lowest BCUT2D eigenvalue weighted by atomic mass is 10.2. The van der Waals surface area contributed by atoms with E-state index in [-0.39, 0.29) is 0 Å². The number of nitrogens with zero attached hydrogens (tertiary/aromatic N) is 1. The van der Waals surface area contributed by atoms with E-state index in [1.807, 2.05) is 23.7 Å². The van der Waals surface area contributed by atoms with E-state index in [9.17, 15) is 0 Å². The quantitative estimate of drug-likeness (QED) is 0.596. The minimum atomic E-state index is 1.03. The fraction of sp³-hybridized carbons (Fsp3) is 0.300. The monoisotopic (exact) mass is 179 g/mol. The fourth-order valence-electron chi connectivity index (χ4n) is 0.798. The van der Waals surface area contributed by atoms with Crippen molar-refractivity contribution in [3.8, 4) is 0 Å². The molecule has 0 saturated carbocycles. The molecule has 0 aromatic heterocycles. The maximum Gasteiger partial charge on any atom is 0.0542 e. The Bertz CT molecular complexity index is 225. The molecule has 1 aliphatic rings. The minimum absolute atomic E-state index is 1.03. The zero-order valence-corrected chi connectivity index (χ0v) is 8.05. The van der Waals surface area contributed by atoms with E-state index in [4.69, 9.17) is 0 Å². The van der Waals surface area contributed by atoms with Gasteiger partial charge in [-0.1, -0.05) is 35.9 Å². The van der Waals surface area contributed by atoms with E-state index >= 15 is 0 Å². The van der Waals surface area contributed by atoms with Crippen molar-refractivity contribution < 1.29 is 0 Å². The number of hydrogen-bond acceptors (Lipinski definition) is 2. The van der Waals surface area contributed by atoms with Crippen molar-refractivity contribution in [2.75, 3.05) is 12.3 Å². The molecular formula is C10H13NS. The third-order valence-corrected chi connectivity index (χ3v) is 2.14. The van der Waals surface area contributed by atoms with Gasteiger partial charge in [-0.25, -0.2) is 0 Å². The topological polar surface area (TPSA) is 12.4 Å². The van der Waals surface area contributed by atoms with Crippen LogP contribution in [0.3, 0.4) is 0 Å². The average Bonchev–Trinajstić information content (AvgIpc) is 2.62. The summed E-state index contributed by atoms with van der Waals surface area (Å²) in [6.07, 6.45) is 0. The van der Waals surface area contributed by atoms with Crippen molar-refractivity contribution in [1.82, 2.24) is 0 Å². The van der Waals surface area contributed by atoms with Gasteiger partial charge >= 0.3 is 0 Å². The summed E-state index contributed by atoms with van der Waals surface area (Å²) in [7, 11) is 0. The smallest absolute Gasteiger partial charge is 0.0542 e. The minimum Gasteiger partial charge on any atom is -0.285 e. The highest BCUT2D eigenvalue weighted by Crippen LogP contribution is 1.99.